The molecule has 118 valence electrons. The predicted octanol–water partition coefficient (Wildman–Crippen LogP) is 0.879. The van der Waals surface area contributed by atoms with Crippen LogP contribution in [0.1, 0.15) is 44.9 Å². The number of piperidine rings is 2. The van der Waals surface area contributed by atoms with Crippen LogP contribution < -0.4 is 11.1 Å². The number of carbonyl (C=O) groups excluding carboxylic acids is 2. The van der Waals surface area contributed by atoms with Crippen molar-refractivity contribution in [3.05, 3.63) is 0 Å². The van der Waals surface area contributed by atoms with Crippen molar-refractivity contribution in [1.82, 2.24) is 10.2 Å². The summed E-state index contributed by atoms with van der Waals surface area (Å²) in [5.74, 6) is 1.45. The SMILES string of the molecule is NCC1CCCCC1C(=O)N1CCC2NC(=O)CCC2C1. The van der Waals surface area contributed by atoms with E-state index in [4.69, 9.17) is 5.73 Å². The van der Waals surface area contributed by atoms with Crippen LogP contribution in [0.2, 0.25) is 0 Å². The van der Waals surface area contributed by atoms with Crippen LogP contribution in [0, 0.1) is 17.8 Å². The van der Waals surface area contributed by atoms with E-state index in [1.54, 1.807) is 0 Å². The summed E-state index contributed by atoms with van der Waals surface area (Å²) in [5.41, 5.74) is 5.86. The Kier molecular flexibility index (Phi) is 4.48. The summed E-state index contributed by atoms with van der Waals surface area (Å²) in [5, 5.41) is 3.08. The van der Waals surface area contributed by atoms with E-state index < -0.39 is 0 Å². The molecule has 2 heterocycles. The summed E-state index contributed by atoms with van der Waals surface area (Å²) < 4.78 is 0. The fourth-order valence-corrected chi connectivity index (χ4v) is 4.36. The molecule has 0 aromatic rings. The third-order valence-electron chi connectivity index (χ3n) is 5.66. The van der Waals surface area contributed by atoms with Crippen molar-refractivity contribution in [2.24, 2.45) is 23.5 Å². The normalized spacial score (nSPS) is 36.8. The van der Waals surface area contributed by atoms with Gasteiger partial charge < -0.3 is 16.0 Å². The van der Waals surface area contributed by atoms with Gasteiger partial charge in [0.1, 0.15) is 0 Å². The average Bonchev–Trinajstić information content (AvgIpc) is 2.53. The van der Waals surface area contributed by atoms with Gasteiger partial charge in [-0.3, -0.25) is 9.59 Å². The Labute approximate surface area is 126 Å². The number of carbonyl (C=O) groups is 2. The van der Waals surface area contributed by atoms with E-state index in [9.17, 15) is 9.59 Å². The quantitative estimate of drug-likeness (QED) is 0.793. The maximum absolute atomic E-state index is 12.8. The fraction of sp³-hybridized carbons (Fsp3) is 0.875. The highest BCUT2D eigenvalue weighted by Gasteiger charge is 2.39. The molecule has 4 unspecified atom stereocenters. The van der Waals surface area contributed by atoms with Crippen molar-refractivity contribution in [1.29, 1.82) is 0 Å². The molecule has 2 aliphatic heterocycles. The number of likely N-dealkylation sites (tertiary alicyclic amines) is 1. The fourth-order valence-electron chi connectivity index (χ4n) is 4.36. The lowest BCUT2D eigenvalue weighted by Crippen LogP contribution is -2.56. The standard InChI is InChI=1S/C16H27N3O2/c17-9-11-3-1-2-4-13(11)16(21)19-8-7-14-12(10-19)5-6-15(20)18-14/h11-14H,1-10,17H2,(H,18,20). The average molecular weight is 293 g/mol. The van der Waals surface area contributed by atoms with Gasteiger partial charge in [-0.2, -0.15) is 0 Å². The van der Waals surface area contributed by atoms with Crippen LogP contribution >= 0.6 is 0 Å². The molecule has 5 nitrogen and oxygen atoms in total. The van der Waals surface area contributed by atoms with Crippen LogP contribution in [-0.2, 0) is 9.59 Å². The summed E-state index contributed by atoms with van der Waals surface area (Å²) in [6.45, 7) is 2.23. The minimum atomic E-state index is 0.137. The highest BCUT2D eigenvalue weighted by Crippen LogP contribution is 2.33. The molecule has 3 N–H and O–H groups in total. The summed E-state index contributed by atoms with van der Waals surface area (Å²) in [6, 6.07) is 0.284. The molecule has 1 saturated carbocycles. The van der Waals surface area contributed by atoms with E-state index in [0.717, 1.165) is 45.2 Å². The molecule has 0 radical (unpaired) electrons. The van der Waals surface area contributed by atoms with Crippen molar-refractivity contribution in [3.8, 4) is 0 Å². The van der Waals surface area contributed by atoms with Gasteiger partial charge in [0, 0.05) is 31.5 Å². The summed E-state index contributed by atoms with van der Waals surface area (Å²) in [4.78, 5) is 26.4. The molecule has 1 aliphatic carbocycles. The molecular weight excluding hydrogens is 266 g/mol. The third-order valence-corrected chi connectivity index (χ3v) is 5.66. The second-order valence-electron chi connectivity index (χ2n) is 6.93. The highest BCUT2D eigenvalue weighted by atomic mass is 16.2. The first kappa shape index (κ1) is 14.8. The number of nitrogens with zero attached hydrogens (tertiary/aromatic N) is 1. The molecule has 0 aromatic carbocycles. The molecule has 2 saturated heterocycles. The Bertz CT molecular complexity index is 412. The Morgan fingerprint density at radius 3 is 2.86 bits per heavy atom. The van der Waals surface area contributed by atoms with Crippen LogP contribution in [0.4, 0.5) is 0 Å². The van der Waals surface area contributed by atoms with Crippen molar-refractivity contribution in [2.45, 2.75) is 51.0 Å². The van der Waals surface area contributed by atoms with E-state index in [0.29, 0.717) is 30.7 Å². The Hall–Kier alpha value is -1.10. The van der Waals surface area contributed by atoms with Crippen molar-refractivity contribution in [2.75, 3.05) is 19.6 Å². The van der Waals surface area contributed by atoms with Gasteiger partial charge in [0.05, 0.1) is 0 Å². The lowest BCUT2D eigenvalue weighted by Gasteiger charge is -2.43. The van der Waals surface area contributed by atoms with Gasteiger partial charge in [-0.05, 0) is 44.1 Å². The minimum Gasteiger partial charge on any atom is -0.353 e. The molecule has 3 aliphatic rings. The number of rotatable bonds is 2. The largest absolute Gasteiger partial charge is 0.353 e. The smallest absolute Gasteiger partial charge is 0.226 e. The summed E-state index contributed by atoms with van der Waals surface area (Å²) in [6.07, 6.45) is 6.90. The van der Waals surface area contributed by atoms with E-state index in [-0.39, 0.29) is 17.9 Å². The Morgan fingerprint density at radius 1 is 1.24 bits per heavy atom. The molecule has 5 heteroatoms. The zero-order chi connectivity index (χ0) is 14.8. The summed E-state index contributed by atoms with van der Waals surface area (Å²) >= 11 is 0. The van der Waals surface area contributed by atoms with E-state index in [2.05, 4.69) is 10.2 Å². The maximum atomic E-state index is 12.8. The Morgan fingerprint density at radius 2 is 2.05 bits per heavy atom. The predicted molar refractivity (Wildman–Crippen MR) is 80.4 cm³/mol. The van der Waals surface area contributed by atoms with Crippen LogP contribution in [0.15, 0.2) is 0 Å². The number of hydrogen-bond acceptors (Lipinski definition) is 3. The second-order valence-corrected chi connectivity index (χ2v) is 6.93. The number of fused-ring (bicyclic) bond motifs is 1. The molecule has 3 fully saturated rings. The first-order valence-electron chi connectivity index (χ1n) is 8.47. The van der Waals surface area contributed by atoms with Gasteiger partial charge in [0.25, 0.3) is 0 Å². The highest BCUT2D eigenvalue weighted by molar-refractivity contribution is 5.80. The lowest BCUT2D eigenvalue weighted by atomic mass is 9.77. The molecule has 4 atom stereocenters. The molecular formula is C16H27N3O2. The van der Waals surface area contributed by atoms with Crippen LogP contribution in [0.25, 0.3) is 0 Å². The van der Waals surface area contributed by atoms with Gasteiger partial charge >= 0.3 is 0 Å². The zero-order valence-electron chi connectivity index (χ0n) is 12.7. The van der Waals surface area contributed by atoms with Gasteiger partial charge in [0.15, 0.2) is 0 Å². The minimum absolute atomic E-state index is 0.137. The number of hydrogen-bond donors (Lipinski definition) is 2. The van der Waals surface area contributed by atoms with Crippen molar-refractivity contribution < 1.29 is 9.59 Å². The maximum Gasteiger partial charge on any atom is 0.226 e. The van der Waals surface area contributed by atoms with E-state index in [1.165, 1.54) is 6.42 Å². The van der Waals surface area contributed by atoms with E-state index in [1.807, 2.05) is 0 Å². The molecule has 0 spiro atoms. The molecule has 0 aromatic heterocycles. The summed E-state index contributed by atoms with van der Waals surface area (Å²) in [7, 11) is 0. The van der Waals surface area contributed by atoms with Gasteiger partial charge in [0.2, 0.25) is 11.8 Å². The molecule has 21 heavy (non-hydrogen) atoms. The number of amides is 2. The lowest BCUT2D eigenvalue weighted by molar-refractivity contribution is -0.141. The van der Waals surface area contributed by atoms with Crippen molar-refractivity contribution in [3.63, 3.8) is 0 Å². The van der Waals surface area contributed by atoms with Crippen molar-refractivity contribution >= 4 is 11.8 Å². The zero-order valence-corrected chi connectivity index (χ0v) is 12.7. The monoisotopic (exact) mass is 293 g/mol. The molecule has 2 amide bonds. The second kappa shape index (κ2) is 6.34. The third kappa shape index (κ3) is 3.07. The van der Waals surface area contributed by atoms with E-state index >= 15 is 0 Å². The Balaban J connectivity index is 1.62. The first-order valence-corrected chi connectivity index (χ1v) is 8.47. The van der Waals surface area contributed by atoms with Crippen LogP contribution in [0.3, 0.4) is 0 Å². The topological polar surface area (TPSA) is 75.4 Å². The molecule has 0 bridgehead atoms. The van der Waals surface area contributed by atoms with Gasteiger partial charge in [-0.1, -0.05) is 12.8 Å². The van der Waals surface area contributed by atoms with Crippen LogP contribution in [-0.4, -0.2) is 42.4 Å². The number of nitrogens with one attached hydrogen (secondary N) is 1. The van der Waals surface area contributed by atoms with Gasteiger partial charge in [-0.15, -0.1) is 0 Å². The molecule has 3 rings (SSSR count). The van der Waals surface area contributed by atoms with Crippen LogP contribution in [0.5, 0.6) is 0 Å². The number of nitrogens with two attached hydrogens (primary N) is 1. The van der Waals surface area contributed by atoms with Gasteiger partial charge in [-0.25, -0.2) is 0 Å². The first-order chi connectivity index (χ1) is 10.2.